The number of aromatic nitrogens is 2. The summed E-state index contributed by atoms with van der Waals surface area (Å²) in [7, 11) is 0. The Bertz CT molecular complexity index is 377. The summed E-state index contributed by atoms with van der Waals surface area (Å²) in [5.41, 5.74) is 6.24. The molecule has 5 nitrogen and oxygen atoms in total. The Morgan fingerprint density at radius 1 is 1.56 bits per heavy atom. The van der Waals surface area contributed by atoms with Gasteiger partial charge >= 0.3 is 5.97 Å². The van der Waals surface area contributed by atoms with Crippen molar-refractivity contribution in [1.29, 1.82) is 0 Å². The van der Waals surface area contributed by atoms with Crippen LogP contribution in [0.25, 0.3) is 0 Å². The van der Waals surface area contributed by atoms with Crippen LogP contribution in [0.2, 0.25) is 0 Å². The zero-order chi connectivity index (χ0) is 12.3. The standard InChI is InChI=1S/C11H19N3O2/c1-5-16-10(15)8-6-13-14(9(8)12)7-11(2,3)4/h6H,5,7,12H2,1-4H3. The van der Waals surface area contributed by atoms with Gasteiger partial charge in [-0.25, -0.2) is 9.48 Å². The number of carbonyl (C=O) groups excluding carboxylic acids is 1. The molecule has 0 aromatic carbocycles. The maximum absolute atomic E-state index is 11.5. The predicted octanol–water partition coefficient (Wildman–Crippen LogP) is 1.69. The van der Waals surface area contributed by atoms with Crippen LogP contribution in [0.1, 0.15) is 38.1 Å². The molecule has 1 aromatic heterocycles. The molecule has 1 heterocycles. The highest BCUT2D eigenvalue weighted by molar-refractivity contribution is 5.93. The molecule has 0 spiro atoms. The summed E-state index contributed by atoms with van der Waals surface area (Å²) in [5.74, 6) is -0.0477. The van der Waals surface area contributed by atoms with Crippen LogP contribution < -0.4 is 5.73 Å². The number of carbonyl (C=O) groups is 1. The second kappa shape index (κ2) is 4.55. The lowest BCUT2D eigenvalue weighted by molar-refractivity contribution is 0.0527. The first-order valence-corrected chi connectivity index (χ1v) is 5.33. The summed E-state index contributed by atoms with van der Waals surface area (Å²) in [5, 5.41) is 4.10. The number of nitrogens with zero attached hydrogens (tertiary/aromatic N) is 2. The maximum atomic E-state index is 11.5. The molecule has 0 bridgehead atoms. The van der Waals surface area contributed by atoms with Crippen LogP contribution in [0.4, 0.5) is 5.82 Å². The lowest BCUT2D eigenvalue weighted by Crippen LogP contribution is -2.18. The molecule has 0 fully saturated rings. The molecule has 5 heteroatoms. The quantitative estimate of drug-likeness (QED) is 0.795. The van der Waals surface area contributed by atoms with Gasteiger partial charge in [0.2, 0.25) is 0 Å². The highest BCUT2D eigenvalue weighted by Crippen LogP contribution is 2.20. The third-order valence-electron chi connectivity index (χ3n) is 2.00. The normalized spacial score (nSPS) is 11.5. The van der Waals surface area contributed by atoms with E-state index in [1.165, 1.54) is 6.20 Å². The summed E-state index contributed by atoms with van der Waals surface area (Å²) in [4.78, 5) is 11.5. The van der Waals surface area contributed by atoms with Crippen LogP contribution in [0.5, 0.6) is 0 Å². The van der Waals surface area contributed by atoms with E-state index in [-0.39, 0.29) is 5.41 Å². The fraction of sp³-hybridized carbons (Fsp3) is 0.636. The van der Waals surface area contributed by atoms with Gasteiger partial charge in [-0.05, 0) is 12.3 Å². The van der Waals surface area contributed by atoms with E-state index in [4.69, 9.17) is 10.5 Å². The van der Waals surface area contributed by atoms with Gasteiger partial charge in [0.1, 0.15) is 11.4 Å². The van der Waals surface area contributed by atoms with E-state index in [0.29, 0.717) is 24.5 Å². The van der Waals surface area contributed by atoms with Crippen LogP contribution in [-0.4, -0.2) is 22.4 Å². The topological polar surface area (TPSA) is 70.1 Å². The van der Waals surface area contributed by atoms with Gasteiger partial charge in [0.25, 0.3) is 0 Å². The number of hydrogen-bond acceptors (Lipinski definition) is 4. The maximum Gasteiger partial charge on any atom is 0.343 e. The van der Waals surface area contributed by atoms with Crippen molar-refractivity contribution in [3.05, 3.63) is 11.8 Å². The summed E-state index contributed by atoms with van der Waals surface area (Å²) < 4.78 is 6.51. The van der Waals surface area contributed by atoms with E-state index in [9.17, 15) is 4.79 Å². The Morgan fingerprint density at radius 2 is 2.19 bits per heavy atom. The van der Waals surface area contributed by atoms with Crippen LogP contribution >= 0.6 is 0 Å². The Hall–Kier alpha value is -1.52. The van der Waals surface area contributed by atoms with Crippen LogP contribution in [-0.2, 0) is 11.3 Å². The number of esters is 1. The van der Waals surface area contributed by atoms with Gasteiger partial charge in [0, 0.05) is 6.54 Å². The Morgan fingerprint density at radius 3 is 2.69 bits per heavy atom. The highest BCUT2D eigenvalue weighted by atomic mass is 16.5. The minimum Gasteiger partial charge on any atom is -0.462 e. The molecular weight excluding hydrogens is 206 g/mol. The summed E-state index contributed by atoms with van der Waals surface area (Å²) in [6.07, 6.45) is 1.46. The highest BCUT2D eigenvalue weighted by Gasteiger charge is 2.19. The Labute approximate surface area is 95.6 Å². The van der Waals surface area contributed by atoms with Crippen molar-refractivity contribution in [3.63, 3.8) is 0 Å². The van der Waals surface area contributed by atoms with Crippen molar-refractivity contribution in [2.24, 2.45) is 5.41 Å². The van der Waals surface area contributed by atoms with Crippen molar-refractivity contribution in [1.82, 2.24) is 9.78 Å². The molecular formula is C11H19N3O2. The summed E-state index contributed by atoms with van der Waals surface area (Å²) in [6, 6.07) is 0. The van der Waals surface area contributed by atoms with Gasteiger partial charge in [0.15, 0.2) is 0 Å². The van der Waals surface area contributed by atoms with Gasteiger partial charge in [0.05, 0.1) is 12.8 Å². The zero-order valence-electron chi connectivity index (χ0n) is 10.3. The van der Waals surface area contributed by atoms with Gasteiger partial charge in [-0.1, -0.05) is 20.8 Å². The fourth-order valence-electron chi connectivity index (χ4n) is 1.34. The van der Waals surface area contributed by atoms with Crippen LogP contribution in [0, 0.1) is 5.41 Å². The number of nitrogens with two attached hydrogens (primary N) is 1. The van der Waals surface area contributed by atoms with E-state index < -0.39 is 5.97 Å². The number of hydrogen-bond donors (Lipinski definition) is 1. The molecule has 0 saturated carbocycles. The second-order valence-electron chi connectivity index (χ2n) is 4.88. The lowest BCUT2D eigenvalue weighted by Gasteiger charge is -2.18. The summed E-state index contributed by atoms with van der Waals surface area (Å²) >= 11 is 0. The Balaban J connectivity index is 2.88. The molecule has 16 heavy (non-hydrogen) atoms. The minimum absolute atomic E-state index is 0.0616. The number of anilines is 1. The molecule has 0 saturated heterocycles. The van der Waals surface area contributed by atoms with Crippen molar-refractivity contribution < 1.29 is 9.53 Å². The molecule has 1 aromatic rings. The van der Waals surface area contributed by atoms with Crippen molar-refractivity contribution in [2.45, 2.75) is 34.2 Å². The van der Waals surface area contributed by atoms with E-state index in [1.54, 1.807) is 11.6 Å². The van der Waals surface area contributed by atoms with E-state index in [2.05, 4.69) is 25.9 Å². The Kier molecular flexibility index (Phi) is 3.57. The molecule has 0 unspecified atom stereocenters. The lowest BCUT2D eigenvalue weighted by atomic mass is 9.97. The third kappa shape index (κ3) is 2.98. The minimum atomic E-state index is -0.417. The molecule has 0 aliphatic heterocycles. The zero-order valence-corrected chi connectivity index (χ0v) is 10.3. The predicted molar refractivity (Wildman–Crippen MR) is 62.1 cm³/mol. The first-order chi connectivity index (χ1) is 7.35. The average Bonchev–Trinajstić information content (AvgIpc) is 2.46. The molecule has 1 rings (SSSR count). The second-order valence-corrected chi connectivity index (χ2v) is 4.88. The SMILES string of the molecule is CCOC(=O)c1cnn(CC(C)(C)C)c1N. The first kappa shape index (κ1) is 12.5. The van der Waals surface area contributed by atoms with Crippen molar-refractivity contribution in [3.8, 4) is 0 Å². The largest absolute Gasteiger partial charge is 0.462 e. The third-order valence-corrected chi connectivity index (χ3v) is 2.00. The van der Waals surface area contributed by atoms with Gasteiger partial charge < -0.3 is 10.5 Å². The monoisotopic (exact) mass is 225 g/mol. The first-order valence-electron chi connectivity index (χ1n) is 5.33. The fourth-order valence-corrected chi connectivity index (χ4v) is 1.34. The van der Waals surface area contributed by atoms with E-state index >= 15 is 0 Å². The van der Waals surface area contributed by atoms with Crippen LogP contribution in [0.15, 0.2) is 6.20 Å². The smallest absolute Gasteiger partial charge is 0.343 e. The average molecular weight is 225 g/mol. The molecule has 0 amide bonds. The molecule has 2 N–H and O–H groups in total. The van der Waals surface area contributed by atoms with E-state index in [0.717, 1.165) is 0 Å². The summed E-state index contributed by atoms with van der Waals surface area (Å²) in [6.45, 7) is 9.00. The number of nitrogen functional groups attached to an aromatic ring is 1. The van der Waals surface area contributed by atoms with Crippen molar-refractivity contribution in [2.75, 3.05) is 12.3 Å². The van der Waals surface area contributed by atoms with Crippen LogP contribution in [0.3, 0.4) is 0 Å². The number of rotatable bonds is 3. The van der Waals surface area contributed by atoms with E-state index in [1.807, 2.05) is 0 Å². The van der Waals surface area contributed by atoms with Crippen molar-refractivity contribution >= 4 is 11.8 Å². The number of ether oxygens (including phenoxy) is 1. The molecule has 0 atom stereocenters. The van der Waals surface area contributed by atoms with Gasteiger partial charge in [-0.2, -0.15) is 5.10 Å². The molecule has 0 radical (unpaired) electrons. The molecule has 0 aliphatic rings. The van der Waals surface area contributed by atoms with Gasteiger partial charge in [-0.3, -0.25) is 0 Å². The molecule has 0 aliphatic carbocycles. The molecule has 90 valence electrons. The van der Waals surface area contributed by atoms with Gasteiger partial charge in [-0.15, -0.1) is 0 Å².